The lowest BCUT2D eigenvalue weighted by molar-refractivity contribution is 0.289. The van der Waals surface area contributed by atoms with Crippen LogP contribution in [0.2, 0.25) is 0 Å². The van der Waals surface area contributed by atoms with Gasteiger partial charge < -0.3 is 14.1 Å². The highest BCUT2D eigenvalue weighted by Gasteiger charge is 2.23. The minimum Gasteiger partial charge on any atom is -0.473 e. The van der Waals surface area contributed by atoms with Gasteiger partial charge in [-0.25, -0.2) is 4.79 Å². The van der Waals surface area contributed by atoms with Gasteiger partial charge in [0.05, 0.1) is 12.1 Å². The molecule has 0 bridgehead atoms. The molecule has 0 atom stereocenters. The summed E-state index contributed by atoms with van der Waals surface area (Å²) in [4.78, 5) is 15.0. The molecule has 0 saturated carbocycles. The van der Waals surface area contributed by atoms with E-state index in [4.69, 9.17) is 9.15 Å². The third-order valence-corrected chi connectivity index (χ3v) is 6.18. The molecule has 2 heterocycles. The van der Waals surface area contributed by atoms with E-state index < -0.39 is 0 Å². The number of anilines is 1. The Balaban J connectivity index is 1.57. The van der Waals surface area contributed by atoms with Crippen LogP contribution >= 0.6 is 15.9 Å². The van der Waals surface area contributed by atoms with E-state index >= 15 is 0 Å². The summed E-state index contributed by atoms with van der Waals surface area (Å²) in [5.74, 6) is 0.772. The van der Waals surface area contributed by atoms with Gasteiger partial charge in [0, 0.05) is 27.5 Å². The summed E-state index contributed by atoms with van der Waals surface area (Å²) in [5.41, 5.74) is 5.07. The Morgan fingerprint density at radius 3 is 2.53 bits per heavy atom. The zero-order valence-corrected chi connectivity index (χ0v) is 18.1. The SMILES string of the molecule is Cc1c(Cc2ccccc2)c(=O)oc2c3c(ccc12)OCN(c1ccc(Br)cc1)C3. The molecule has 1 aliphatic rings. The van der Waals surface area contributed by atoms with Crippen LogP contribution in [-0.2, 0) is 13.0 Å². The molecule has 0 radical (unpaired) electrons. The van der Waals surface area contributed by atoms with Crippen LogP contribution in [0.4, 0.5) is 5.69 Å². The van der Waals surface area contributed by atoms with E-state index in [1.54, 1.807) is 0 Å². The second-order valence-electron chi connectivity index (χ2n) is 7.52. The minimum absolute atomic E-state index is 0.280. The lowest BCUT2D eigenvalue weighted by atomic mass is 9.97. The Morgan fingerprint density at radius 1 is 1.00 bits per heavy atom. The molecular formula is C25H20BrNO3. The predicted octanol–water partition coefficient (Wildman–Crippen LogP) is 5.81. The maximum atomic E-state index is 12.9. The average Bonchev–Trinajstić information content (AvgIpc) is 2.77. The molecule has 5 rings (SSSR count). The number of nitrogens with zero attached hydrogens (tertiary/aromatic N) is 1. The largest absolute Gasteiger partial charge is 0.473 e. The molecule has 3 aromatic carbocycles. The van der Waals surface area contributed by atoms with Crippen molar-refractivity contribution in [2.45, 2.75) is 19.9 Å². The highest BCUT2D eigenvalue weighted by Crippen LogP contribution is 2.35. The third kappa shape index (κ3) is 3.39. The Morgan fingerprint density at radius 2 is 1.77 bits per heavy atom. The van der Waals surface area contributed by atoms with Crippen molar-refractivity contribution >= 4 is 32.6 Å². The number of halogens is 1. The van der Waals surface area contributed by atoms with Crippen molar-refractivity contribution in [3.8, 4) is 5.75 Å². The second kappa shape index (κ2) is 7.65. The molecule has 0 saturated heterocycles. The molecular weight excluding hydrogens is 442 g/mol. The van der Waals surface area contributed by atoms with Gasteiger partial charge in [-0.15, -0.1) is 0 Å². The van der Waals surface area contributed by atoms with E-state index in [0.717, 1.165) is 38.0 Å². The molecule has 4 nitrogen and oxygen atoms in total. The lowest BCUT2D eigenvalue weighted by Crippen LogP contribution is -2.32. The van der Waals surface area contributed by atoms with Crippen molar-refractivity contribution in [2.75, 3.05) is 11.6 Å². The first kappa shape index (κ1) is 18.9. The summed E-state index contributed by atoms with van der Waals surface area (Å²) in [6.07, 6.45) is 0.559. The molecule has 150 valence electrons. The van der Waals surface area contributed by atoms with Crippen LogP contribution in [0.15, 0.2) is 80.4 Å². The average molecular weight is 462 g/mol. The van der Waals surface area contributed by atoms with Crippen molar-refractivity contribution in [3.63, 3.8) is 0 Å². The van der Waals surface area contributed by atoms with Crippen LogP contribution in [0.3, 0.4) is 0 Å². The first-order chi connectivity index (χ1) is 14.6. The van der Waals surface area contributed by atoms with Crippen LogP contribution in [0.5, 0.6) is 5.75 Å². The highest BCUT2D eigenvalue weighted by molar-refractivity contribution is 9.10. The first-order valence-corrected chi connectivity index (χ1v) is 10.6. The molecule has 0 N–H and O–H groups in total. The van der Waals surface area contributed by atoms with Crippen LogP contribution < -0.4 is 15.3 Å². The van der Waals surface area contributed by atoms with E-state index in [2.05, 4.69) is 20.8 Å². The monoisotopic (exact) mass is 461 g/mol. The number of rotatable bonds is 3. The quantitative estimate of drug-likeness (QED) is 0.361. The van der Waals surface area contributed by atoms with E-state index in [1.165, 1.54) is 0 Å². The summed E-state index contributed by atoms with van der Waals surface area (Å²) in [7, 11) is 0. The predicted molar refractivity (Wildman–Crippen MR) is 122 cm³/mol. The normalized spacial score (nSPS) is 13.2. The number of hydrogen-bond acceptors (Lipinski definition) is 4. The zero-order chi connectivity index (χ0) is 20.7. The summed E-state index contributed by atoms with van der Waals surface area (Å²) < 4.78 is 12.9. The molecule has 1 aliphatic heterocycles. The number of fused-ring (bicyclic) bond motifs is 3. The molecule has 5 heteroatoms. The molecule has 0 aliphatic carbocycles. The Labute approximate surface area is 182 Å². The van der Waals surface area contributed by atoms with Crippen molar-refractivity contribution in [2.24, 2.45) is 0 Å². The van der Waals surface area contributed by atoms with Crippen molar-refractivity contribution in [1.82, 2.24) is 0 Å². The Bertz CT molecular complexity index is 1280. The van der Waals surface area contributed by atoms with Gasteiger partial charge in [-0.1, -0.05) is 46.3 Å². The summed E-state index contributed by atoms with van der Waals surface area (Å²) in [6, 6.07) is 22.1. The summed E-state index contributed by atoms with van der Waals surface area (Å²) >= 11 is 3.47. The van der Waals surface area contributed by atoms with Gasteiger partial charge in [0.25, 0.3) is 0 Å². The third-order valence-electron chi connectivity index (χ3n) is 5.66. The van der Waals surface area contributed by atoms with Crippen LogP contribution in [0.1, 0.15) is 22.3 Å². The smallest absolute Gasteiger partial charge is 0.340 e. The first-order valence-electron chi connectivity index (χ1n) is 9.85. The molecule has 4 aromatic rings. The number of aryl methyl sites for hydroxylation is 1. The lowest BCUT2D eigenvalue weighted by Gasteiger charge is -2.31. The Hall–Kier alpha value is -3.05. The highest BCUT2D eigenvalue weighted by atomic mass is 79.9. The van der Waals surface area contributed by atoms with Gasteiger partial charge >= 0.3 is 5.63 Å². The van der Waals surface area contributed by atoms with Gasteiger partial charge in [-0.3, -0.25) is 0 Å². The Kier molecular flexibility index (Phi) is 4.83. The van der Waals surface area contributed by atoms with Crippen LogP contribution in [-0.4, -0.2) is 6.73 Å². The summed E-state index contributed by atoms with van der Waals surface area (Å²) in [5, 5.41) is 0.959. The fourth-order valence-electron chi connectivity index (χ4n) is 3.98. The molecule has 30 heavy (non-hydrogen) atoms. The standard InChI is InChI=1S/C25H20BrNO3/c1-16-20-11-12-23-22(14-27(15-29-23)19-9-7-18(26)8-10-19)24(20)30-25(28)21(16)13-17-5-3-2-4-6-17/h2-12H,13-15H2,1H3. The van der Waals surface area contributed by atoms with E-state index in [9.17, 15) is 4.79 Å². The maximum Gasteiger partial charge on any atom is 0.340 e. The fourth-order valence-corrected chi connectivity index (χ4v) is 4.25. The van der Waals surface area contributed by atoms with Gasteiger partial charge in [0.2, 0.25) is 0 Å². The summed E-state index contributed by atoms with van der Waals surface area (Å²) in [6.45, 7) is 3.07. The van der Waals surface area contributed by atoms with Crippen molar-refractivity contribution in [3.05, 3.63) is 104 Å². The minimum atomic E-state index is -0.280. The van der Waals surface area contributed by atoms with Crippen molar-refractivity contribution in [1.29, 1.82) is 0 Å². The van der Waals surface area contributed by atoms with Gasteiger partial charge in [0.1, 0.15) is 11.3 Å². The molecule has 0 fully saturated rings. The zero-order valence-electron chi connectivity index (χ0n) is 16.5. The van der Waals surface area contributed by atoms with E-state index in [0.29, 0.717) is 30.8 Å². The number of hydrogen-bond donors (Lipinski definition) is 0. The van der Waals surface area contributed by atoms with Gasteiger partial charge in [0.15, 0.2) is 6.73 Å². The fraction of sp³-hybridized carbons (Fsp3) is 0.160. The second-order valence-corrected chi connectivity index (χ2v) is 8.44. The van der Waals surface area contributed by atoms with E-state index in [1.807, 2.05) is 73.7 Å². The molecule has 1 aromatic heterocycles. The number of benzene rings is 3. The molecule has 0 unspecified atom stereocenters. The van der Waals surface area contributed by atoms with Crippen LogP contribution in [0.25, 0.3) is 11.0 Å². The van der Waals surface area contributed by atoms with Crippen LogP contribution in [0, 0.1) is 6.92 Å². The van der Waals surface area contributed by atoms with Gasteiger partial charge in [-0.2, -0.15) is 0 Å². The van der Waals surface area contributed by atoms with E-state index in [-0.39, 0.29) is 5.63 Å². The number of ether oxygens (including phenoxy) is 1. The maximum absolute atomic E-state index is 12.9. The van der Waals surface area contributed by atoms with Gasteiger partial charge in [-0.05, 0) is 54.4 Å². The van der Waals surface area contributed by atoms with Crippen molar-refractivity contribution < 1.29 is 9.15 Å². The molecule has 0 amide bonds. The molecule has 0 spiro atoms. The topological polar surface area (TPSA) is 42.7 Å².